The lowest BCUT2D eigenvalue weighted by molar-refractivity contribution is -0.140. The third kappa shape index (κ3) is 8.42. The number of rotatable bonds is 11. The molecule has 0 unspecified atom stereocenters. The zero-order chi connectivity index (χ0) is 30.4. The maximum absolute atomic E-state index is 14.3. The molecule has 234 valence electrons. The van der Waals surface area contributed by atoms with Crippen LogP contribution in [0.4, 0.5) is 9.59 Å². The molecule has 1 saturated carbocycles. The van der Waals surface area contributed by atoms with Crippen LogP contribution in [0.25, 0.3) is 0 Å². The van der Waals surface area contributed by atoms with Gasteiger partial charge in [-0.1, -0.05) is 13.8 Å². The molecule has 1 saturated heterocycles. The van der Waals surface area contributed by atoms with Crippen LogP contribution in [0.2, 0.25) is 0 Å². The van der Waals surface area contributed by atoms with Crippen molar-refractivity contribution in [2.24, 2.45) is 5.92 Å². The Morgan fingerprint density at radius 1 is 1.10 bits per heavy atom. The van der Waals surface area contributed by atoms with Gasteiger partial charge >= 0.3 is 12.2 Å². The van der Waals surface area contributed by atoms with Crippen molar-refractivity contribution < 1.29 is 38.1 Å². The van der Waals surface area contributed by atoms with Gasteiger partial charge in [0.25, 0.3) is 0 Å². The lowest BCUT2D eigenvalue weighted by Crippen LogP contribution is -2.62. The summed E-state index contributed by atoms with van der Waals surface area (Å²) >= 11 is 0. The van der Waals surface area contributed by atoms with E-state index in [2.05, 4.69) is 0 Å². The number of piperazine rings is 1. The highest BCUT2D eigenvalue weighted by atomic mass is 16.6. The number of benzene rings is 1. The van der Waals surface area contributed by atoms with Gasteiger partial charge in [-0.05, 0) is 57.2 Å². The number of carbonyl (C=O) groups excluding carboxylic acids is 3. The Hall–Kier alpha value is -3.21. The molecule has 0 aromatic heterocycles. The standard InChI is InChI=1S/C31H47N3O8/c1-21(2)20-41-29(36)32-11-12-33(30(37)42-31(3,4)5)25(19-32)28(35)34(23-8-9-23)18-22-16-26(39-14-7-13-38-6)24-10-15-40-27(24)17-22/h16-17,21,23,25H,7-15,18-20H2,1-6H3/t25-/m1/s1. The minimum Gasteiger partial charge on any atom is -0.493 e. The van der Waals surface area contributed by atoms with Gasteiger partial charge in [0.05, 0.1) is 26.4 Å². The third-order valence-corrected chi connectivity index (χ3v) is 7.30. The highest BCUT2D eigenvalue weighted by molar-refractivity contribution is 5.87. The molecule has 11 heteroatoms. The SMILES string of the molecule is COCCCOc1cc(CN(C(=O)[C@H]2CN(C(=O)OCC(C)C)CCN2C(=O)OC(C)(C)C)C2CC2)cc2c1CCO2. The van der Waals surface area contributed by atoms with Gasteiger partial charge < -0.3 is 33.5 Å². The summed E-state index contributed by atoms with van der Waals surface area (Å²) in [5, 5.41) is 0. The minimum absolute atomic E-state index is 0.0411. The number of carbonyl (C=O) groups is 3. The maximum atomic E-state index is 14.3. The molecule has 1 aliphatic carbocycles. The fourth-order valence-corrected chi connectivity index (χ4v) is 5.11. The van der Waals surface area contributed by atoms with Crippen LogP contribution in [0.15, 0.2) is 12.1 Å². The Bertz CT molecular complexity index is 1110. The molecule has 0 N–H and O–H groups in total. The normalized spacial score (nSPS) is 18.4. The molecule has 0 radical (unpaired) electrons. The van der Waals surface area contributed by atoms with Gasteiger partial charge in [-0.15, -0.1) is 0 Å². The number of amides is 3. The molecule has 0 spiro atoms. The first-order valence-corrected chi connectivity index (χ1v) is 15.1. The van der Waals surface area contributed by atoms with Crippen molar-refractivity contribution in [3.05, 3.63) is 23.3 Å². The Labute approximate surface area is 249 Å². The van der Waals surface area contributed by atoms with Gasteiger partial charge in [0.1, 0.15) is 23.1 Å². The molecule has 3 aliphatic rings. The first-order chi connectivity index (χ1) is 20.0. The summed E-state index contributed by atoms with van der Waals surface area (Å²) in [6.07, 6.45) is 2.26. The number of hydrogen-bond acceptors (Lipinski definition) is 8. The Morgan fingerprint density at radius 3 is 2.52 bits per heavy atom. The predicted molar refractivity (Wildman–Crippen MR) is 156 cm³/mol. The van der Waals surface area contributed by atoms with Crippen molar-refractivity contribution in [1.82, 2.24) is 14.7 Å². The van der Waals surface area contributed by atoms with Crippen molar-refractivity contribution in [3.63, 3.8) is 0 Å². The Balaban J connectivity index is 1.56. The van der Waals surface area contributed by atoms with Gasteiger partial charge in [-0.3, -0.25) is 9.69 Å². The van der Waals surface area contributed by atoms with Crippen LogP contribution < -0.4 is 9.47 Å². The number of methoxy groups -OCH3 is 1. The second-order valence-electron chi connectivity index (χ2n) is 12.7. The van der Waals surface area contributed by atoms with E-state index in [9.17, 15) is 14.4 Å². The molecular weight excluding hydrogens is 542 g/mol. The second kappa shape index (κ2) is 13.8. The summed E-state index contributed by atoms with van der Waals surface area (Å²) in [7, 11) is 1.67. The highest BCUT2D eigenvalue weighted by Gasteiger charge is 2.44. The van der Waals surface area contributed by atoms with E-state index in [0.29, 0.717) is 26.4 Å². The Kier molecular flexibility index (Phi) is 10.5. The molecule has 1 aromatic rings. The fourth-order valence-electron chi connectivity index (χ4n) is 5.11. The summed E-state index contributed by atoms with van der Waals surface area (Å²) < 4.78 is 28.3. The summed E-state index contributed by atoms with van der Waals surface area (Å²) in [5.41, 5.74) is 1.21. The largest absolute Gasteiger partial charge is 0.493 e. The summed E-state index contributed by atoms with van der Waals surface area (Å²) in [5.74, 6) is 1.52. The van der Waals surface area contributed by atoms with Crippen molar-refractivity contribution in [3.8, 4) is 11.5 Å². The molecule has 42 heavy (non-hydrogen) atoms. The lowest BCUT2D eigenvalue weighted by Gasteiger charge is -2.42. The molecule has 2 fully saturated rings. The van der Waals surface area contributed by atoms with E-state index in [4.69, 9.17) is 23.7 Å². The molecule has 4 rings (SSSR count). The second-order valence-corrected chi connectivity index (χ2v) is 12.7. The number of hydrogen-bond donors (Lipinski definition) is 0. The van der Waals surface area contributed by atoms with E-state index in [1.165, 1.54) is 9.80 Å². The van der Waals surface area contributed by atoms with Crippen LogP contribution >= 0.6 is 0 Å². The summed E-state index contributed by atoms with van der Waals surface area (Å²) in [6.45, 7) is 12.1. The number of nitrogens with zero attached hydrogens (tertiary/aromatic N) is 3. The molecule has 1 atom stereocenters. The van der Waals surface area contributed by atoms with Gasteiger partial charge in [0.15, 0.2) is 0 Å². The predicted octanol–water partition coefficient (Wildman–Crippen LogP) is 4.24. The average molecular weight is 590 g/mol. The monoisotopic (exact) mass is 589 g/mol. The quantitative estimate of drug-likeness (QED) is 0.353. The summed E-state index contributed by atoms with van der Waals surface area (Å²) in [6, 6.07) is 3.14. The molecular formula is C31H47N3O8. The van der Waals surface area contributed by atoms with Crippen LogP contribution in [0.1, 0.15) is 65.0 Å². The molecule has 3 amide bonds. The van der Waals surface area contributed by atoms with E-state index in [0.717, 1.165) is 48.3 Å². The topological polar surface area (TPSA) is 107 Å². The van der Waals surface area contributed by atoms with Crippen molar-refractivity contribution in [1.29, 1.82) is 0 Å². The van der Waals surface area contributed by atoms with Crippen molar-refractivity contribution in [2.75, 3.05) is 53.2 Å². The Morgan fingerprint density at radius 2 is 1.86 bits per heavy atom. The number of ether oxygens (including phenoxy) is 5. The van der Waals surface area contributed by atoms with Crippen LogP contribution in [0.5, 0.6) is 11.5 Å². The van der Waals surface area contributed by atoms with Gasteiger partial charge in [0, 0.05) is 57.8 Å². The van der Waals surface area contributed by atoms with Gasteiger partial charge in [-0.25, -0.2) is 9.59 Å². The molecule has 2 aliphatic heterocycles. The molecule has 1 aromatic carbocycles. The van der Waals surface area contributed by atoms with Crippen LogP contribution in [0, 0.1) is 5.92 Å². The smallest absolute Gasteiger partial charge is 0.411 e. The minimum atomic E-state index is -0.892. The van der Waals surface area contributed by atoms with E-state index in [1.807, 2.05) is 30.9 Å². The third-order valence-electron chi connectivity index (χ3n) is 7.30. The van der Waals surface area contributed by atoms with Crippen molar-refractivity contribution in [2.45, 2.75) is 84.5 Å². The van der Waals surface area contributed by atoms with Crippen LogP contribution in [0.3, 0.4) is 0 Å². The lowest BCUT2D eigenvalue weighted by atomic mass is 10.1. The average Bonchev–Trinajstić information content (AvgIpc) is 3.67. The molecule has 2 heterocycles. The summed E-state index contributed by atoms with van der Waals surface area (Å²) in [4.78, 5) is 45.2. The first-order valence-electron chi connectivity index (χ1n) is 15.1. The van der Waals surface area contributed by atoms with Crippen molar-refractivity contribution >= 4 is 18.1 Å². The fraction of sp³-hybridized carbons (Fsp3) is 0.710. The van der Waals surface area contributed by atoms with E-state index >= 15 is 0 Å². The van der Waals surface area contributed by atoms with Crippen LogP contribution in [-0.2, 0) is 32.0 Å². The van der Waals surface area contributed by atoms with E-state index in [1.54, 1.807) is 27.9 Å². The van der Waals surface area contributed by atoms with Crippen LogP contribution in [-0.4, -0.2) is 104 Å². The molecule has 0 bridgehead atoms. The molecule has 11 nitrogen and oxygen atoms in total. The zero-order valence-corrected chi connectivity index (χ0v) is 26.0. The number of fused-ring (bicyclic) bond motifs is 1. The van der Waals surface area contributed by atoms with E-state index in [-0.39, 0.29) is 44.1 Å². The van der Waals surface area contributed by atoms with E-state index < -0.39 is 23.8 Å². The maximum Gasteiger partial charge on any atom is 0.411 e. The zero-order valence-electron chi connectivity index (χ0n) is 26.0. The van der Waals surface area contributed by atoms with Gasteiger partial charge in [-0.2, -0.15) is 0 Å². The van der Waals surface area contributed by atoms with Gasteiger partial charge in [0.2, 0.25) is 5.91 Å². The first kappa shape index (κ1) is 31.7. The highest BCUT2D eigenvalue weighted by Crippen LogP contribution is 2.37.